The molecule has 108 valence electrons. The summed E-state index contributed by atoms with van der Waals surface area (Å²) in [6.45, 7) is -0.202. The van der Waals surface area contributed by atoms with Gasteiger partial charge in [0.2, 0.25) is 0 Å². The first-order chi connectivity index (χ1) is 9.90. The number of benzene rings is 2. The lowest BCUT2D eigenvalue weighted by molar-refractivity contribution is -0.137. The number of nitrogens with zero attached hydrogens (tertiary/aromatic N) is 1. The van der Waals surface area contributed by atoms with Crippen LogP contribution in [0.4, 0.5) is 17.6 Å². The third-order valence-corrected chi connectivity index (χ3v) is 2.71. The predicted octanol–water partition coefficient (Wildman–Crippen LogP) is 4.30. The second kappa shape index (κ2) is 5.83. The van der Waals surface area contributed by atoms with Gasteiger partial charge < -0.3 is 4.74 Å². The van der Waals surface area contributed by atoms with Crippen molar-refractivity contribution in [3.05, 3.63) is 65.0 Å². The molecule has 0 bridgehead atoms. The predicted molar refractivity (Wildman–Crippen MR) is 66.9 cm³/mol. The van der Waals surface area contributed by atoms with Crippen LogP contribution in [0.1, 0.15) is 16.7 Å². The van der Waals surface area contributed by atoms with Gasteiger partial charge in [0.15, 0.2) is 11.6 Å². The smallest absolute Gasteiger partial charge is 0.416 e. The number of ether oxygens (including phenoxy) is 1. The van der Waals surface area contributed by atoms with E-state index in [1.54, 1.807) is 6.07 Å². The van der Waals surface area contributed by atoms with Crippen molar-refractivity contribution in [1.29, 1.82) is 5.26 Å². The summed E-state index contributed by atoms with van der Waals surface area (Å²) in [6, 6.07) is 10.0. The molecule has 6 heteroatoms. The summed E-state index contributed by atoms with van der Waals surface area (Å²) in [6.07, 6.45) is -4.43. The van der Waals surface area contributed by atoms with E-state index in [9.17, 15) is 17.6 Å². The Balaban J connectivity index is 2.12. The van der Waals surface area contributed by atoms with Crippen molar-refractivity contribution in [3.63, 3.8) is 0 Å². The Bertz CT molecular complexity index is 689. The highest BCUT2D eigenvalue weighted by molar-refractivity contribution is 5.36. The van der Waals surface area contributed by atoms with E-state index in [4.69, 9.17) is 10.00 Å². The zero-order valence-electron chi connectivity index (χ0n) is 10.6. The Hall–Kier alpha value is -2.55. The highest BCUT2D eigenvalue weighted by atomic mass is 19.4. The van der Waals surface area contributed by atoms with Crippen LogP contribution in [0.15, 0.2) is 42.5 Å². The maximum Gasteiger partial charge on any atom is 0.416 e. The van der Waals surface area contributed by atoms with Gasteiger partial charge in [-0.3, -0.25) is 0 Å². The van der Waals surface area contributed by atoms with Crippen molar-refractivity contribution in [3.8, 4) is 11.8 Å². The average Bonchev–Trinajstić information content (AvgIpc) is 2.45. The van der Waals surface area contributed by atoms with Gasteiger partial charge in [-0.1, -0.05) is 12.1 Å². The fourth-order valence-electron chi connectivity index (χ4n) is 1.69. The second-order valence-electron chi connectivity index (χ2n) is 4.24. The normalized spacial score (nSPS) is 11.0. The molecular formula is C15H9F4NO. The van der Waals surface area contributed by atoms with Crippen LogP contribution in [0, 0.1) is 17.1 Å². The van der Waals surface area contributed by atoms with Gasteiger partial charge >= 0.3 is 6.18 Å². The molecule has 0 aliphatic carbocycles. The van der Waals surface area contributed by atoms with Crippen molar-refractivity contribution < 1.29 is 22.3 Å². The Morgan fingerprint density at radius 2 is 1.86 bits per heavy atom. The van der Waals surface area contributed by atoms with Crippen molar-refractivity contribution in [2.45, 2.75) is 12.8 Å². The molecular weight excluding hydrogens is 286 g/mol. The average molecular weight is 295 g/mol. The SMILES string of the molecule is N#Cc1ccc(OCc2cccc(C(F)(F)F)c2)c(F)c1. The number of rotatable bonds is 3. The van der Waals surface area contributed by atoms with Crippen LogP contribution in [0.25, 0.3) is 0 Å². The van der Waals surface area contributed by atoms with Crippen LogP contribution in [-0.2, 0) is 12.8 Å². The summed E-state index contributed by atoms with van der Waals surface area (Å²) in [5, 5.41) is 8.60. The van der Waals surface area contributed by atoms with Crippen LogP contribution in [0.5, 0.6) is 5.75 Å². The van der Waals surface area contributed by atoms with Gasteiger partial charge in [0.1, 0.15) is 6.61 Å². The molecule has 0 spiro atoms. The quantitative estimate of drug-likeness (QED) is 0.791. The molecule has 0 aliphatic heterocycles. The van der Waals surface area contributed by atoms with Crippen LogP contribution >= 0.6 is 0 Å². The lowest BCUT2D eigenvalue weighted by atomic mass is 10.1. The van der Waals surface area contributed by atoms with Gasteiger partial charge in [-0.15, -0.1) is 0 Å². The fourth-order valence-corrected chi connectivity index (χ4v) is 1.69. The summed E-state index contributed by atoms with van der Waals surface area (Å²) in [5.41, 5.74) is -0.378. The van der Waals surface area contributed by atoms with E-state index in [0.717, 1.165) is 18.2 Å². The van der Waals surface area contributed by atoms with Crippen LogP contribution in [0.3, 0.4) is 0 Å². The zero-order chi connectivity index (χ0) is 15.5. The molecule has 0 saturated heterocycles. The Labute approximate surface area is 118 Å². The Kier molecular flexibility index (Phi) is 4.13. The van der Waals surface area contributed by atoms with Crippen molar-refractivity contribution >= 4 is 0 Å². The molecule has 2 rings (SSSR count). The van der Waals surface area contributed by atoms with E-state index in [2.05, 4.69) is 0 Å². The number of halogens is 4. The van der Waals surface area contributed by atoms with E-state index >= 15 is 0 Å². The molecule has 0 N–H and O–H groups in total. The van der Waals surface area contributed by atoms with Gasteiger partial charge in [0.05, 0.1) is 17.2 Å². The molecule has 0 atom stereocenters. The number of nitriles is 1. The fraction of sp³-hybridized carbons (Fsp3) is 0.133. The van der Waals surface area contributed by atoms with Crippen LogP contribution < -0.4 is 4.74 Å². The lowest BCUT2D eigenvalue weighted by Gasteiger charge is -2.10. The summed E-state index contributed by atoms with van der Waals surface area (Å²) in [4.78, 5) is 0. The molecule has 0 saturated carbocycles. The Morgan fingerprint density at radius 3 is 2.48 bits per heavy atom. The standard InChI is InChI=1S/C15H9F4NO/c16-13-7-10(8-20)4-5-14(13)21-9-11-2-1-3-12(6-11)15(17,18)19/h1-7H,9H2. The van der Waals surface area contributed by atoms with E-state index < -0.39 is 17.6 Å². The van der Waals surface area contributed by atoms with E-state index in [1.165, 1.54) is 24.3 Å². The summed E-state index contributed by atoms with van der Waals surface area (Å²) in [5.74, 6) is -0.854. The van der Waals surface area contributed by atoms with Crippen LogP contribution in [-0.4, -0.2) is 0 Å². The van der Waals surface area contributed by atoms with Crippen LogP contribution in [0.2, 0.25) is 0 Å². The van der Waals surface area contributed by atoms with Gasteiger partial charge in [-0.25, -0.2) is 4.39 Å². The van der Waals surface area contributed by atoms with Crippen molar-refractivity contribution in [2.75, 3.05) is 0 Å². The lowest BCUT2D eigenvalue weighted by Crippen LogP contribution is -2.06. The summed E-state index contributed by atoms with van der Waals surface area (Å²) >= 11 is 0. The molecule has 0 aromatic heterocycles. The maximum atomic E-state index is 13.6. The van der Waals surface area contributed by atoms with E-state index in [1.807, 2.05) is 0 Å². The monoisotopic (exact) mass is 295 g/mol. The van der Waals surface area contributed by atoms with E-state index in [-0.39, 0.29) is 23.5 Å². The minimum absolute atomic E-state index is 0.119. The second-order valence-corrected chi connectivity index (χ2v) is 4.24. The molecule has 21 heavy (non-hydrogen) atoms. The third-order valence-electron chi connectivity index (χ3n) is 2.71. The molecule has 0 unspecified atom stereocenters. The molecule has 2 aromatic carbocycles. The maximum absolute atomic E-state index is 13.6. The van der Waals surface area contributed by atoms with Crippen molar-refractivity contribution in [1.82, 2.24) is 0 Å². The summed E-state index contributed by atoms with van der Waals surface area (Å²) in [7, 11) is 0. The van der Waals surface area contributed by atoms with Gasteiger partial charge in [-0.05, 0) is 35.9 Å². The highest BCUT2D eigenvalue weighted by Crippen LogP contribution is 2.29. The molecule has 0 fully saturated rings. The van der Waals surface area contributed by atoms with Crippen molar-refractivity contribution in [2.24, 2.45) is 0 Å². The van der Waals surface area contributed by atoms with Gasteiger partial charge in [0.25, 0.3) is 0 Å². The highest BCUT2D eigenvalue weighted by Gasteiger charge is 2.30. The molecule has 0 aliphatic rings. The minimum Gasteiger partial charge on any atom is -0.486 e. The molecule has 2 nitrogen and oxygen atoms in total. The number of alkyl halides is 3. The largest absolute Gasteiger partial charge is 0.486 e. The Morgan fingerprint density at radius 1 is 1.10 bits per heavy atom. The summed E-state index contributed by atoms with van der Waals surface area (Å²) < 4.78 is 56.3. The molecule has 0 heterocycles. The molecule has 0 amide bonds. The molecule has 0 radical (unpaired) electrons. The van der Waals surface area contributed by atoms with Gasteiger partial charge in [-0.2, -0.15) is 18.4 Å². The number of hydrogen-bond acceptors (Lipinski definition) is 2. The number of hydrogen-bond donors (Lipinski definition) is 0. The minimum atomic E-state index is -4.43. The molecule has 2 aromatic rings. The first kappa shape index (κ1) is 14.9. The van der Waals surface area contributed by atoms with E-state index in [0.29, 0.717) is 0 Å². The third kappa shape index (κ3) is 3.72. The first-order valence-corrected chi connectivity index (χ1v) is 5.89. The first-order valence-electron chi connectivity index (χ1n) is 5.89. The zero-order valence-corrected chi connectivity index (χ0v) is 10.6. The van der Waals surface area contributed by atoms with Gasteiger partial charge in [0, 0.05) is 0 Å². The topological polar surface area (TPSA) is 33.0 Å².